The Morgan fingerprint density at radius 2 is 1.74 bits per heavy atom. The topological polar surface area (TPSA) is 106 Å². The zero-order valence-electron chi connectivity index (χ0n) is 14.7. The van der Waals surface area contributed by atoms with E-state index >= 15 is 0 Å². The van der Waals surface area contributed by atoms with Crippen LogP contribution in [0, 0.1) is 0 Å². The van der Waals surface area contributed by atoms with Crippen molar-refractivity contribution >= 4 is 29.1 Å². The van der Waals surface area contributed by atoms with E-state index in [1.165, 1.54) is 6.92 Å². The number of ketones is 1. The lowest BCUT2D eigenvalue weighted by Crippen LogP contribution is -2.38. The Morgan fingerprint density at radius 3 is 2.52 bits per heavy atom. The molecule has 1 aliphatic heterocycles. The zero-order chi connectivity index (χ0) is 19.2. The third-order valence-corrected chi connectivity index (χ3v) is 3.78. The third kappa shape index (κ3) is 4.97. The first kappa shape index (κ1) is 18.2. The van der Waals surface area contributed by atoms with E-state index in [0.29, 0.717) is 41.7 Å². The Labute approximate surface area is 155 Å². The fourth-order valence-electron chi connectivity index (χ4n) is 2.48. The molecule has 8 heteroatoms. The van der Waals surface area contributed by atoms with Gasteiger partial charge in [-0.1, -0.05) is 12.1 Å². The van der Waals surface area contributed by atoms with Crippen molar-refractivity contribution in [3.63, 3.8) is 0 Å². The van der Waals surface area contributed by atoms with Crippen molar-refractivity contribution in [2.75, 3.05) is 30.4 Å². The molecular weight excluding hydrogens is 350 g/mol. The molecule has 3 N–H and O–H groups in total. The number of hydrogen-bond donors (Lipinski definition) is 3. The number of ether oxygens (including phenoxy) is 2. The van der Waals surface area contributed by atoms with Crippen molar-refractivity contribution in [2.45, 2.75) is 6.92 Å². The quantitative estimate of drug-likeness (QED) is 0.699. The number of Topliss-reactive ketones (excluding diaryl/α,β-unsaturated/α-hetero) is 1. The SMILES string of the molecule is CC(=O)c1cccc(NCC(=O)NC(=O)Nc2ccc3c(c2)OCCO3)c1. The lowest BCUT2D eigenvalue weighted by atomic mass is 10.1. The van der Waals surface area contributed by atoms with Crippen LogP contribution in [-0.4, -0.2) is 37.5 Å². The van der Waals surface area contributed by atoms with Crippen LogP contribution >= 0.6 is 0 Å². The molecule has 0 radical (unpaired) electrons. The van der Waals surface area contributed by atoms with E-state index in [1.807, 2.05) is 0 Å². The maximum absolute atomic E-state index is 12.0. The summed E-state index contributed by atoms with van der Waals surface area (Å²) in [6, 6.07) is 11.1. The van der Waals surface area contributed by atoms with Gasteiger partial charge in [0.1, 0.15) is 13.2 Å². The highest BCUT2D eigenvalue weighted by Crippen LogP contribution is 2.32. The summed E-state index contributed by atoms with van der Waals surface area (Å²) in [5, 5.41) is 7.66. The number of amides is 3. The van der Waals surface area contributed by atoms with Gasteiger partial charge in [-0.15, -0.1) is 0 Å². The second-order valence-corrected chi connectivity index (χ2v) is 5.85. The van der Waals surface area contributed by atoms with Gasteiger partial charge in [-0.05, 0) is 31.2 Å². The average Bonchev–Trinajstić information content (AvgIpc) is 2.66. The smallest absolute Gasteiger partial charge is 0.325 e. The van der Waals surface area contributed by atoms with Crippen LogP contribution < -0.4 is 25.4 Å². The van der Waals surface area contributed by atoms with Crippen LogP contribution in [0.5, 0.6) is 11.5 Å². The van der Waals surface area contributed by atoms with Gasteiger partial charge in [-0.3, -0.25) is 14.9 Å². The van der Waals surface area contributed by atoms with E-state index in [0.717, 1.165) is 0 Å². The first-order valence-electron chi connectivity index (χ1n) is 8.36. The second kappa shape index (κ2) is 8.22. The Hall–Kier alpha value is -3.55. The molecule has 3 rings (SSSR count). The molecule has 0 fully saturated rings. The molecule has 0 saturated carbocycles. The predicted molar refractivity (Wildman–Crippen MR) is 99.5 cm³/mol. The molecule has 2 aromatic rings. The summed E-state index contributed by atoms with van der Waals surface area (Å²) in [6.45, 7) is 2.28. The van der Waals surface area contributed by atoms with Gasteiger partial charge in [-0.25, -0.2) is 4.79 Å². The minimum absolute atomic E-state index is 0.0677. The molecule has 0 bridgehead atoms. The summed E-state index contributed by atoms with van der Waals surface area (Å²) in [6.07, 6.45) is 0. The first-order chi connectivity index (χ1) is 13.0. The maximum Gasteiger partial charge on any atom is 0.325 e. The monoisotopic (exact) mass is 369 g/mol. The minimum Gasteiger partial charge on any atom is -0.486 e. The molecule has 3 amide bonds. The fourth-order valence-corrected chi connectivity index (χ4v) is 2.48. The van der Waals surface area contributed by atoms with E-state index in [-0.39, 0.29) is 12.3 Å². The number of imide groups is 1. The van der Waals surface area contributed by atoms with Gasteiger partial charge < -0.3 is 20.1 Å². The summed E-state index contributed by atoms with van der Waals surface area (Å²) < 4.78 is 10.9. The van der Waals surface area contributed by atoms with Crippen LogP contribution in [0.3, 0.4) is 0 Å². The number of anilines is 2. The molecule has 0 spiro atoms. The lowest BCUT2D eigenvalue weighted by molar-refractivity contribution is -0.118. The highest BCUT2D eigenvalue weighted by atomic mass is 16.6. The molecule has 0 unspecified atom stereocenters. The molecule has 0 aromatic heterocycles. The highest BCUT2D eigenvalue weighted by molar-refractivity contribution is 6.02. The van der Waals surface area contributed by atoms with Gasteiger partial charge in [0.25, 0.3) is 0 Å². The standard InChI is InChI=1S/C19H19N3O5/c1-12(23)13-3-2-4-14(9-13)20-11-18(24)22-19(25)21-15-5-6-16-17(10-15)27-8-7-26-16/h2-6,9-10,20H,7-8,11H2,1H3,(H2,21,22,24,25). The Balaban J connectivity index is 1.50. The van der Waals surface area contributed by atoms with Gasteiger partial charge in [0.05, 0.1) is 6.54 Å². The van der Waals surface area contributed by atoms with E-state index in [4.69, 9.17) is 9.47 Å². The number of urea groups is 1. The van der Waals surface area contributed by atoms with Crippen molar-refractivity contribution in [3.8, 4) is 11.5 Å². The zero-order valence-corrected chi connectivity index (χ0v) is 14.7. The summed E-state index contributed by atoms with van der Waals surface area (Å²) in [5.74, 6) is 0.567. The van der Waals surface area contributed by atoms with Crippen molar-refractivity contribution < 1.29 is 23.9 Å². The van der Waals surface area contributed by atoms with E-state index < -0.39 is 11.9 Å². The average molecular weight is 369 g/mol. The third-order valence-electron chi connectivity index (χ3n) is 3.78. The van der Waals surface area contributed by atoms with Crippen LogP contribution in [0.1, 0.15) is 17.3 Å². The lowest BCUT2D eigenvalue weighted by Gasteiger charge is -2.19. The van der Waals surface area contributed by atoms with Crippen molar-refractivity contribution in [3.05, 3.63) is 48.0 Å². The van der Waals surface area contributed by atoms with E-state index in [9.17, 15) is 14.4 Å². The Kier molecular flexibility index (Phi) is 5.55. The van der Waals surface area contributed by atoms with Crippen LogP contribution in [-0.2, 0) is 4.79 Å². The maximum atomic E-state index is 12.0. The minimum atomic E-state index is -0.657. The number of benzene rings is 2. The molecule has 0 saturated heterocycles. The van der Waals surface area contributed by atoms with Crippen LogP contribution in [0.4, 0.5) is 16.2 Å². The second-order valence-electron chi connectivity index (χ2n) is 5.85. The molecule has 140 valence electrons. The van der Waals surface area contributed by atoms with Crippen molar-refractivity contribution in [1.82, 2.24) is 5.32 Å². The molecule has 0 atom stereocenters. The number of hydrogen-bond acceptors (Lipinski definition) is 6. The van der Waals surface area contributed by atoms with Crippen LogP contribution in [0.15, 0.2) is 42.5 Å². The molecular formula is C19H19N3O5. The number of rotatable bonds is 5. The Bertz CT molecular complexity index is 881. The molecule has 1 heterocycles. The largest absolute Gasteiger partial charge is 0.486 e. The summed E-state index contributed by atoms with van der Waals surface area (Å²) in [5.41, 5.74) is 1.63. The summed E-state index contributed by atoms with van der Waals surface area (Å²) in [7, 11) is 0. The Morgan fingerprint density at radius 1 is 0.963 bits per heavy atom. The van der Waals surface area contributed by atoms with Gasteiger partial charge in [0.15, 0.2) is 17.3 Å². The molecule has 1 aliphatic rings. The number of nitrogens with one attached hydrogen (secondary N) is 3. The van der Waals surface area contributed by atoms with E-state index in [2.05, 4.69) is 16.0 Å². The summed E-state index contributed by atoms with van der Waals surface area (Å²) in [4.78, 5) is 35.2. The number of fused-ring (bicyclic) bond motifs is 1. The van der Waals surface area contributed by atoms with Crippen molar-refractivity contribution in [1.29, 1.82) is 0 Å². The van der Waals surface area contributed by atoms with Crippen LogP contribution in [0.2, 0.25) is 0 Å². The highest BCUT2D eigenvalue weighted by Gasteiger charge is 2.13. The number of carbonyl (C=O) groups excluding carboxylic acids is 3. The van der Waals surface area contributed by atoms with Gasteiger partial charge >= 0.3 is 6.03 Å². The van der Waals surface area contributed by atoms with Crippen LogP contribution in [0.25, 0.3) is 0 Å². The van der Waals surface area contributed by atoms with Gasteiger partial charge in [-0.2, -0.15) is 0 Å². The van der Waals surface area contributed by atoms with Gasteiger partial charge in [0.2, 0.25) is 5.91 Å². The first-order valence-corrected chi connectivity index (χ1v) is 8.36. The summed E-state index contributed by atoms with van der Waals surface area (Å²) >= 11 is 0. The molecule has 27 heavy (non-hydrogen) atoms. The number of carbonyl (C=O) groups is 3. The van der Waals surface area contributed by atoms with Crippen molar-refractivity contribution in [2.24, 2.45) is 0 Å². The van der Waals surface area contributed by atoms with Gasteiger partial charge in [0, 0.05) is 23.0 Å². The molecule has 2 aromatic carbocycles. The van der Waals surface area contributed by atoms with E-state index in [1.54, 1.807) is 42.5 Å². The normalized spacial score (nSPS) is 12.0. The molecule has 8 nitrogen and oxygen atoms in total. The molecule has 0 aliphatic carbocycles. The predicted octanol–water partition coefficient (Wildman–Crippen LogP) is 2.42. The fraction of sp³-hybridized carbons (Fsp3) is 0.211.